The summed E-state index contributed by atoms with van der Waals surface area (Å²) in [5.41, 5.74) is 32.3. The number of hydrogen-bond acceptors (Lipinski definition) is 6. The number of hydrogen-bond donors (Lipinski definition) is 0. The summed E-state index contributed by atoms with van der Waals surface area (Å²) >= 11 is 0. The molecule has 102 heavy (non-hydrogen) atoms. The Balaban J connectivity index is 0.919. The van der Waals surface area contributed by atoms with E-state index in [9.17, 15) is 0 Å². The minimum Gasteiger partial charge on any atom is -0.456 e. The average molecular weight is 1310 g/mol. The summed E-state index contributed by atoms with van der Waals surface area (Å²) in [5, 5.41) is 8.58. The van der Waals surface area contributed by atoms with E-state index in [0.29, 0.717) is 0 Å². The van der Waals surface area contributed by atoms with Crippen LogP contribution in [0.15, 0.2) is 327 Å². The molecule has 0 unspecified atom stereocenters. The number of furan rings is 4. The van der Waals surface area contributed by atoms with E-state index in [1.807, 2.05) is 0 Å². The predicted octanol–water partition coefficient (Wildman–Crippen LogP) is 25.0. The van der Waals surface area contributed by atoms with Crippen LogP contribution in [0.2, 0.25) is 0 Å². The van der Waals surface area contributed by atoms with E-state index in [-0.39, 0.29) is 12.1 Å². The van der Waals surface area contributed by atoms with Crippen LogP contribution in [0.3, 0.4) is 0 Å². The van der Waals surface area contributed by atoms with Crippen LogP contribution in [0.5, 0.6) is 0 Å². The van der Waals surface area contributed by atoms with Crippen LogP contribution < -0.4 is 26.2 Å². The smallest absolute Gasteiger partial charge is 0.252 e. The highest BCUT2D eigenvalue weighted by Crippen LogP contribution is 2.55. The molecule has 0 amide bonds. The summed E-state index contributed by atoms with van der Waals surface area (Å²) in [6.45, 7) is 9.13. The van der Waals surface area contributed by atoms with Crippen LogP contribution in [-0.2, 0) is 5.41 Å². The zero-order valence-corrected chi connectivity index (χ0v) is 56.5. The second-order valence-electron chi connectivity index (χ2n) is 28.7. The molecule has 0 spiro atoms. The van der Waals surface area contributed by atoms with Gasteiger partial charge in [-0.2, -0.15) is 0 Å². The molecule has 19 aromatic rings. The van der Waals surface area contributed by atoms with Crippen LogP contribution in [0.1, 0.15) is 31.9 Å². The molecule has 7 heteroatoms. The summed E-state index contributed by atoms with van der Waals surface area (Å²) in [4.78, 5) is 5.33. The topological polar surface area (TPSA) is 59.0 Å². The normalized spacial score (nSPS) is 12.8. The monoisotopic (exact) mass is 1310 g/mol. The van der Waals surface area contributed by atoms with Gasteiger partial charge >= 0.3 is 0 Å². The molecule has 2 aliphatic rings. The molecule has 0 radical (unpaired) electrons. The Morgan fingerprint density at radius 3 is 1.02 bits per heavy atom. The van der Waals surface area contributed by atoms with Gasteiger partial charge in [0.05, 0.1) is 11.4 Å². The summed E-state index contributed by atoms with van der Waals surface area (Å²) in [6, 6.07) is 114. The molecule has 0 atom stereocenters. The van der Waals surface area contributed by atoms with E-state index in [1.165, 1.54) is 38.6 Å². The maximum absolute atomic E-state index is 6.61. The van der Waals surface area contributed by atoms with Crippen molar-refractivity contribution in [3.05, 3.63) is 321 Å². The Morgan fingerprint density at radius 1 is 0.255 bits per heavy atom. The highest BCUT2D eigenvalue weighted by Gasteiger charge is 2.46. The molecule has 0 fully saturated rings. The predicted molar refractivity (Wildman–Crippen MR) is 426 cm³/mol. The lowest BCUT2D eigenvalue weighted by molar-refractivity contribution is 0.590. The molecule has 0 N–H and O–H groups in total. The van der Waals surface area contributed by atoms with Gasteiger partial charge in [0.25, 0.3) is 6.71 Å². The molecule has 15 aromatic carbocycles. The number of anilines is 6. The molecule has 0 aliphatic carbocycles. The van der Waals surface area contributed by atoms with Gasteiger partial charge in [0.1, 0.15) is 44.7 Å². The minimum atomic E-state index is -0.352. The molecule has 6 heterocycles. The van der Waals surface area contributed by atoms with Gasteiger partial charge in [0.15, 0.2) is 0 Å². The number of benzene rings is 15. The van der Waals surface area contributed by atoms with Gasteiger partial charge in [-0.1, -0.05) is 233 Å². The third-order valence-corrected chi connectivity index (χ3v) is 21.7. The van der Waals surface area contributed by atoms with E-state index in [0.717, 1.165) is 178 Å². The SMILES string of the molecule is Cc1cc2c(cc1-c1ccccc1)B1c3cc(-c4ccccc4)ccc3N(c3c(-c4ccc5oc6ccccc6c5c4)cccc3-c3ccc4oc5ccccc5c4c3)c3cc(C(C)(C)C)cc(c31)N2c1c(-c2ccc3oc4ccccc4c3c2)cccc1-c1ccc2oc3ccccc3c2c1. The third kappa shape index (κ3) is 8.87. The van der Waals surface area contributed by atoms with Gasteiger partial charge < -0.3 is 27.5 Å². The van der Waals surface area contributed by atoms with Gasteiger partial charge in [0.2, 0.25) is 0 Å². The molecule has 6 nitrogen and oxygen atoms in total. The van der Waals surface area contributed by atoms with E-state index in [4.69, 9.17) is 17.7 Å². The first-order valence-electron chi connectivity index (χ1n) is 35.2. The van der Waals surface area contributed by atoms with Gasteiger partial charge in [0, 0.05) is 88.1 Å². The lowest BCUT2D eigenvalue weighted by Gasteiger charge is -2.46. The van der Waals surface area contributed by atoms with Crippen molar-refractivity contribution >= 4 is 145 Å². The van der Waals surface area contributed by atoms with Crippen LogP contribution in [-0.4, -0.2) is 6.71 Å². The summed E-state index contributed by atoms with van der Waals surface area (Å²) in [6.07, 6.45) is 0. The lowest BCUT2D eigenvalue weighted by Crippen LogP contribution is -2.61. The van der Waals surface area contributed by atoms with Crippen LogP contribution in [0.25, 0.3) is 155 Å². The second-order valence-corrected chi connectivity index (χ2v) is 28.7. The fraction of sp³-hybridized carbons (Fsp3) is 0.0526. The van der Waals surface area contributed by atoms with Crippen molar-refractivity contribution in [3.8, 4) is 66.8 Å². The van der Waals surface area contributed by atoms with Crippen molar-refractivity contribution in [2.75, 3.05) is 9.80 Å². The Labute approximate surface area is 589 Å². The zero-order chi connectivity index (χ0) is 67.6. The number of aryl methyl sites for hydroxylation is 1. The van der Waals surface area contributed by atoms with E-state index >= 15 is 0 Å². The molecule has 0 saturated heterocycles. The lowest BCUT2D eigenvalue weighted by atomic mass is 9.33. The van der Waals surface area contributed by atoms with Crippen molar-refractivity contribution in [1.29, 1.82) is 0 Å². The molecular formula is C95H63BN2O4. The second kappa shape index (κ2) is 22.1. The fourth-order valence-corrected chi connectivity index (χ4v) is 16.9. The number of para-hydroxylation sites is 6. The first-order chi connectivity index (χ1) is 50.1. The molecule has 0 saturated carbocycles. The highest BCUT2D eigenvalue weighted by molar-refractivity contribution is 7.00. The average Bonchev–Trinajstić information content (AvgIpc) is 0.947. The quantitative estimate of drug-likeness (QED) is 0.141. The molecule has 4 aromatic heterocycles. The largest absolute Gasteiger partial charge is 0.456 e. The Kier molecular flexibility index (Phi) is 12.6. The fourth-order valence-electron chi connectivity index (χ4n) is 16.9. The molecule has 480 valence electrons. The van der Waals surface area contributed by atoms with Crippen molar-refractivity contribution in [1.82, 2.24) is 0 Å². The van der Waals surface area contributed by atoms with Crippen molar-refractivity contribution in [2.45, 2.75) is 33.1 Å². The molecule has 0 bridgehead atoms. The van der Waals surface area contributed by atoms with Crippen LogP contribution in [0, 0.1) is 6.92 Å². The summed E-state index contributed by atoms with van der Waals surface area (Å²) in [7, 11) is 0. The summed E-state index contributed by atoms with van der Waals surface area (Å²) in [5.74, 6) is 0. The molecular weight excluding hydrogens is 1240 g/mol. The van der Waals surface area contributed by atoms with Gasteiger partial charge in [-0.25, -0.2) is 0 Å². The van der Waals surface area contributed by atoms with Gasteiger partial charge in [-0.15, -0.1) is 0 Å². The maximum Gasteiger partial charge on any atom is 0.252 e. The number of rotatable bonds is 8. The zero-order valence-electron chi connectivity index (χ0n) is 56.5. The standard InChI is InChI=1S/C95H63BN2O4/c1-56-47-81-79(55-73(56)58-23-9-6-10-24-58)96-78-52-59(57-21-7-5-8-22-57)37-42-80(78)97(93-65(60-38-43-88-74(48-60)69-25-11-15-33-84(69)99-88)29-19-30-66(93)61-39-44-89-75(49-61)70-26-12-16-34-85(70)100-89)82-53-64(95(2,3)4)54-83(92(82)96)98(81)94-67(62-40-45-90-76(50-62)71-27-13-17-35-86(71)101-90)31-20-32-68(94)63-41-46-91-77(51-63)72-28-14-18-36-87(72)102-91/h5-55H,1-4H3. The molecule has 21 rings (SSSR count). The van der Waals surface area contributed by atoms with Crippen molar-refractivity contribution in [2.24, 2.45) is 0 Å². The van der Waals surface area contributed by atoms with Crippen molar-refractivity contribution < 1.29 is 17.7 Å². The number of nitrogens with zero attached hydrogens (tertiary/aromatic N) is 2. The van der Waals surface area contributed by atoms with Crippen molar-refractivity contribution in [3.63, 3.8) is 0 Å². The van der Waals surface area contributed by atoms with Gasteiger partial charge in [-0.3, -0.25) is 0 Å². The highest BCUT2D eigenvalue weighted by atomic mass is 16.3. The molecule has 2 aliphatic heterocycles. The summed E-state index contributed by atoms with van der Waals surface area (Å²) < 4.78 is 26.4. The van der Waals surface area contributed by atoms with E-state index < -0.39 is 0 Å². The first-order valence-corrected chi connectivity index (χ1v) is 35.2. The number of fused-ring (bicyclic) bond motifs is 16. The van der Waals surface area contributed by atoms with E-state index in [2.05, 4.69) is 347 Å². The van der Waals surface area contributed by atoms with Crippen LogP contribution >= 0.6 is 0 Å². The van der Waals surface area contributed by atoms with Gasteiger partial charge in [-0.05, 0) is 181 Å². The first kappa shape index (κ1) is 58.2. The minimum absolute atomic E-state index is 0.274. The van der Waals surface area contributed by atoms with E-state index in [1.54, 1.807) is 0 Å². The van der Waals surface area contributed by atoms with Crippen LogP contribution in [0.4, 0.5) is 34.1 Å². The Morgan fingerprint density at radius 2 is 0.608 bits per heavy atom. The Bertz CT molecular complexity index is 6460. The maximum atomic E-state index is 6.61. The third-order valence-electron chi connectivity index (χ3n) is 21.7. The Hall–Kier alpha value is -12.8.